The molecule has 3 rings (SSSR count). The Labute approximate surface area is 126 Å². The van der Waals surface area contributed by atoms with Gasteiger partial charge in [-0.3, -0.25) is 4.90 Å². The van der Waals surface area contributed by atoms with Gasteiger partial charge in [-0.25, -0.2) is 0 Å². The molecule has 0 radical (unpaired) electrons. The molecule has 6 heteroatoms. The highest BCUT2D eigenvalue weighted by Crippen LogP contribution is 2.31. The number of aromatic nitrogens is 2. The van der Waals surface area contributed by atoms with E-state index in [1.807, 2.05) is 0 Å². The lowest BCUT2D eigenvalue weighted by Gasteiger charge is -2.32. The molecular weight excluding hydrogens is 276 g/mol. The highest BCUT2D eigenvalue weighted by Gasteiger charge is 2.24. The van der Waals surface area contributed by atoms with Crippen molar-refractivity contribution in [3.8, 4) is 0 Å². The second kappa shape index (κ2) is 7.38. The van der Waals surface area contributed by atoms with Crippen LogP contribution in [0.4, 0.5) is 0 Å². The van der Waals surface area contributed by atoms with Crippen LogP contribution in [0.2, 0.25) is 0 Å². The highest BCUT2D eigenvalue weighted by atomic mass is 35.5. The summed E-state index contributed by atoms with van der Waals surface area (Å²) in [5, 5.41) is 7.57. The first-order chi connectivity index (χ1) is 9.33. The van der Waals surface area contributed by atoms with Gasteiger partial charge < -0.3 is 9.84 Å². The summed E-state index contributed by atoms with van der Waals surface area (Å²) in [4.78, 5) is 7.05. The molecule has 0 aromatic carbocycles. The van der Waals surface area contributed by atoms with Crippen molar-refractivity contribution in [3.63, 3.8) is 0 Å². The Bertz CT molecular complexity index is 406. The molecule has 0 unspecified atom stereocenters. The van der Waals surface area contributed by atoms with Gasteiger partial charge in [0, 0.05) is 31.6 Å². The zero-order valence-corrected chi connectivity index (χ0v) is 13.0. The third-order valence-corrected chi connectivity index (χ3v) is 4.42. The summed E-state index contributed by atoms with van der Waals surface area (Å²) >= 11 is 0. The van der Waals surface area contributed by atoms with Crippen LogP contribution in [0, 0.1) is 0 Å². The summed E-state index contributed by atoms with van der Waals surface area (Å²) in [6.45, 7) is 6.23. The first-order valence-electron chi connectivity index (χ1n) is 7.60. The van der Waals surface area contributed by atoms with E-state index in [1.165, 1.54) is 32.1 Å². The molecule has 114 valence electrons. The van der Waals surface area contributed by atoms with Gasteiger partial charge in [-0.15, -0.1) is 12.4 Å². The van der Waals surface area contributed by atoms with Crippen molar-refractivity contribution < 1.29 is 4.52 Å². The molecule has 2 aliphatic rings. The monoisotopic (exact) mass is 300 g/mol. The van der Waals surface area contributed by atoms with Crippen LogP contribution in [0.15, 0.2) is 4.52 Å². The molecule has 0 bridgehead atoms. The molecule has 2 fully saturated rings. The minimum atomic E-state index is 0. The largest absolute Gasteiger partial charge is 0.339 e. The van der Waals surface area contributed by atoms with Gasteiger partial charge in [-0.05, 0) is 19.8 Å². The molecule has 5 nitrogen and oxygen atoms in total. The molecular formula is C14H25ClN4O. The predicted molar refractivity (Wildman–Crippen MR) is 80.1 cm³/mol. The SMILES string of the molecule is C[C@H]1CNCCN1Cc1noc(C2CCCCC2)n1.Cl. The number of piperazine rings is 1. The van der Waals surface area contributed by atoms with Gasteiger partial charge in [0.25, 0.3) is 0 Å². The van der Waals surface area contributed by atoms with E-state index in [9.17, 15) is 0 Å². The Hall–Kier alpha value is -0.650. The normalized spacial score (nSPS) is 25.4. The van der Waals surface area contributed by atoms with Gasteiger partial charge in [0.2, 0.25) is 5.89 Å². The van der Waals surface area contributed by atoms with Crippen molar-refractivity contribution in [1.82, 2.24) is 20.4 Å². The van der Waals surface area contributed by atoms with Crippen molar-refractivity contribution in [2.75, 3.05) is 19.6 Å². The summed E-state index contributed by atoms with van der Waals surface area (Å²) in [5.74, 6) is 2.24. The third-order valence-electron chi connectivity index (χ3n) is 4.42. The molecule has 1 saturated heterocycles. The Balaban J connectivity index is 0.00000147. The van der Waals surface area contributed by atoms with Crippen LogP contribution in [0.5, 0.6) is 0 Å². The maximum atomic E-state index is 5.48. The zero-order valence-electron chi connectivity index (χ0n) is 12.2. The van der Waals surface area contributed by atoms with Gasteiger partial charge in [0.15, 0.2) is 5.82 Å². The van der Waals surface area contributed by atoms with Gasteiger partial charge in [-0.2, -0.15) is 4.98 Å². The van der Waals surface area contributed by atoms with Crippen molar-refractivity contribution in [1.29, 1.82) is 0 Å². The molecule has 1 aromatic heterocycles. The van der Waals surface area contributed by atoms with E-state index in [4.69, 9.17) is 4.52 Å². The Morgan fingerprint density at radius 1 is 1.30 bits per heavy atom. The van der Waals surface area contributed by atoms with E-state index in [0.717, 1.165) is 37.9 Å². The van der Waals surface area contributed by atoms with E-state index in [1.54, 1.807) is 0 Å². The van der Waals surface area contributed by atoms with Crippen LogP contribution < -0.4 is 5.32 Å². The number of hydrogen-bond donors (Lipinski definition) is 1. The standard InChI is InChI=1S/C14H24N4O.ClH/c1-11-9-15-7-8-18(11)10-13-16-14(19-17-13)12-5-3-2-4-6-12;/h11-12,15H,2-10H2,1H3;1H/t11-;/m0./s1. The number of nitrogens with zero attached hydrogens (tertiary/aromatic N) is 3. The van der Waals surface area contributed by atoms with E-state index < -0.39 is 0 Å². The number of hydrogen-bond acceptors (Lipinski definition) is 5. The lowest BCUT2D eigenvalue weighted by molar-refractivity contribution is 0.160. The Morgan fingerprint density at radius 2 is 2.10 bits per heavy atom. The van der Waals surface area contributed by atoms with Gasteiger partial charge in [-0.1, -0.05) is 24.4 Å². The van der Waals surface area contributed by atoms with Crippen molar-refractivity contribution in [2.45, 2.75) is 57.5 Å². The Kier molecular flexibility index (Phi) is 5.81. The fourth-order valence-corrected chi connectivity index (χ4v) is 3.15. The van der Waals surface area contributed by atoms with E-state index in [-0.39, 0.29) is 12.4 Å². The number of rotatable bonds is 3. The van der Waals surface area contributed by atoms with Crippen molar-refractivity contribution in [3.05, 3.63) is 11.7 Å². The number of halogens is 1. The second-order valence-electron chi connectivity index (χ2n) is 5.91. The minimum Gasteiger partial charge on any atom is -0.339 e. The fourth-order valence-electron chi connectivity index (χ4n) is 3.15. The van der Waals surface area contributed by atoms with Crippen LogP contribution in [-0.4, -0.2) is 40.7 Å². The molecule has 1 saturated carbocycles. The summed E-state index contributed by atoms with van der Waals surface area (Å²) in [7, 11) is 0. The van der Waals surface area contributed by atoms with Crippen LogP contribution in [0.3, 0.4) is 0 Å². The van der Waals surface area contributed by atoms with Gasteiger partial charge in [0.05, 0.1) is 6.54 Å². The summed E-state index contributed by atoms with van der Waals surface area (Å²) in [6, 6.07) is 0.547. The van der Waals surface area contributed by atoms with E-state index in [2.05, 4.69) is 27.3 Å². The first kappa shape index (κ1) is 15.7. The summed E-state index contributed by atoms with van der Waals surface area (Å²) in [5.41, 5.74) is 0. The quantitative estimate of drug-likeness (QED) is 0.928. The average Bonchev–Trinajstić information content (AvgIpc) is 2.91. The molecule has 1 aliphatic heterocycles. The highest BCUT2D eigenvalue weighted by molar-refractivity contribution is 5.85. The van der Waals surface area contributed by atoms with Crippen LogP contribution in [-0.2, 0) is 6.54 Å². The van der Waals surface area contributed by atoms with E-state index in [0.29, 0.717) is 12.0 Å². The molecule has 1 aliphatic carbocycles. The lowest BCUT2D eigenvalue weighted by atomic mass is 9.89. The predicted octanol–water partition coefficient (Wildman–Crippen LogP) is 2.33. The topological polar surface area (TPSA) is 54.2 Å². The average molecular weight is 301 g/mol. The molecule has 2 heterocycles. The van der Waals surface area contributed by atoms with Crippen LogP contribution >= 0.6 is 12.4 Å². The number of nitrogens with one attached hydrogen (secondary N) is 1. The lowest BCUT2D eigenvalue weighted by Crippen LogP contribution is -2.49. The van der Waals surface area contributed by atoms with Crippen LogP contribution in [0.25, 0.3) is 0 Å². The van der Waals surface area contributed by atoms with Gasteiger partial charge in [0.1, 0.15) is 0 Å². The molecule has 1 aromatic rings. The maximum Gasteiger partial charge on any atom is 0.229 e. The zero-order chi connectivity index (χ0) is 13.1. The third kappa shape index (κ3) is 3.71. The fraction of sp³-hybridized carbons (Fsp3) is 0.857. The second-order valence-corrected chi connectivity index (χ2v) is 5.91. The summed E-state index contributed by atoms with van der Waals surface area (Å²) in [6.07, 6.45) is 6.39. The first-order valence-corrected chi connectivity index (χ1v) is 7.60. The summed E-state index contributed by atoms with van der Waals surface area (Å²) < 4.78 is 5.48. The smallest absolute Gasteiger partial charge is 0.229 e. The maximum absolute atomic E-state index is 5.48. The molecule has 20 heavy (non-hydrogen) atoms. The minimum absolute atomic E-state index is 0. The Morgan fingerprint density at radius 3 is 2.85 bits per heavy atom. The van der Waals surface area contributed by atoms with Crippen molar-refractivity contribution >= 4 is 12.4 Å². The van der Waals surface area contributed by atoms with Crippen molar-refractivity contribution in [2.24, 2.45) is 0 Å². The molecule has 0 amide bonds. The van der Waals surface area contributed by atoms with E-state index >= 15 is 0 Å². The van der Waals surface area contributed by atoms with Gasteiger partial charge >= 0.3 is 0 Å². The molecule has 0 spiro atoms. The molecule has 1 atom stereocenters. The molecule has 1 N–H and O–H groups in total. The van der Waals surface area contributed by atoms with Crippen LogP contribution in [0.1, 0.15) is 56.7 Å².